The Labute approximate surface area is 163 Å². The van der Waals surface area contributed by atoms with Crippen LogP contribution in [-0.4, -0.2) is 53.0 Å². The minimum absolute atomic E-state index is 0.0819. The third-order valence-corrected chi connectivity index (χ3v) is 5.71. The molecule has 2 aliphatic rings. The van der Waals surface area contributed by atoms with Crippen LogP contribution in [0.2, 0.25) is 0 Å². The Balaban J connectivity index is 1.27. The van der Waals surface area contributed by atoms with E-state index in [-0.39, 0.29) is 12.2 Å². The Kier molecular flexibility index (Phi) is 4.58. The van der Waals surface area contributed by atoms with E-state index in [2.05, 4.69) is 4.98 Å². The summed E-state index contributed by atoms with van der Waals surface area (Å²) in [5.74, 6) is 0.484. The number of likely N-dealkylation sites (tertiary alicyclic amines) is 1. The number of imidazole rings is 1. The van der Waals surface area contributed by atoms with E-state index in [0.717, 1.165) is 48.2 Å². The van der Waals surface area contributed by atoms with E-state index in [1.807, 2.05) is 64.3 Å². The summed E-state index contributed by atoms with van der Waals surface area (Å²) < 4.78 is 13.3. The van der Waals surface area contributed by atoms with Crippen molar-refractivity contribution < 1.29 is 14.3 Å². The van der Waals surface area contributed by atoms with Crippen LogP contribution in [-0.2, 0) is 9.47 Å². The molecule has 0 spiro atoms. The normalized spacial score (nSPS) is 18.8. The van der Waals surface area contributed by atoms with Crippen molar-refractivity contribution in [3.8, 4) is 5.69 Å². The van der Waals surface area contributed by atoms with E-state index >= 15 is 0 Å². The summed E-state index contributed by atoms with van der Waals surface area (Å²) in [6.07, 6.45) is 3.59. The molecule has 6 nitrogen and oxygen atoms in total. The molecule has 0 saturated carbocycles. The van der Waals surface area contributed by atoms with Crippen molar-refractivity contribution in [2.45, 2.75) is 19.1 Å². The molecule has 0 atom stereocenters. The fraction of sp³-hybridized carbons (Fsp3) is 0.364. The van der Waals surface area contributed by atoms with E-state index < -0.39 is 0 Å². The predicted molar refractivity (Wildman–Crippen MR) is 105 cm³/mol. The van der Waals surface area contributed by atoms with Crippen LogP contribution in [0.3, 0.4) is 0 Å². The molecule has 0 bridgehead atoms. The molecule has 2 aromatic carbocycles. The summed E-state index contributed by atoms with van der Waals surface area (Å²) >= 11 is 0. The number of rotatable bonds is 3. The maximum absolute atomic E-state index is 12.9. The van der Waals surface area contributed by atoms with Gasteiger partial charge >= 0.3 is 0 Å². The fourth-order valence-corrected chi connectivity index (χ4v) is 4.14. The monoisotopic (exact) mass is 377 g/mol. The molecule has 6 heteroatoms. The second kappa shape index (κ2) is 7.37. The molecule has 0 aliphatic carbocycles. The number of para-hydroxylation sites is 2. The van der Waals surface area contributed by atoms with Gasteiger partial charge in [-0.25, -0.2) is 4.98 Å². The van der Waals surface area contributed by atoms with Gasteiger partial charge in [0.2, 0.25) is 0 Å². The highest BCUT2D eigenvalue weighted by molar-refractivity contribution is 5.94. The molecule has 0 N–H and O–H groups in total. The van der Waals surface area contributed by atoms with E-state index in [1.54, 1.807) is 0 Å². The quantitative estimate of drug-likeness (QED) is 0.703. The Hall–Kier alpha value is -2.70. The number of carbonyl (C=O) groups excluding carboxylic acids is 1. The number of carbonyl (C=O) groups is 1. The molecule has 2 aliphatic heterocycles. The molecule has 144 valence electrons. The highest BCUT2D eigenvalue weighted by Crippen LogP contribution is 2.27. The standard InChI is InChI=1S/C22H23N3O3/c26-21(24-11-9-17(10-12-24)22-27-13-14-28-22)16-5-7-18(8-6-16)25-15-23-19-3-1-2-4-20(19)25/h1-8,15,17,22H,9-14H2. The van der Waals surface area contributed by atoms with Gasteiger partial charge < -0.3 is 14.4 Å². The van der Waals surface area contributed by atoms with Crippen LogP contribution in [0.15, 0.2) is 54.9 Å². The first-order chi connectivity index (χ1) is 13.8. The summed E-state index contributed by atoms with van der Waals surface area (Å²) in [5, 5.41) is 0. The number of fused-ring (bicyclic) bond motifs is 1. The number of ether oxygens (including phenoxy) is 2. The zero-order chi connectivity index (χ0) is 18.9. The van der Waals surface area contributed by atoms with Crippen LogP contribution in [0.1, 0.15) is 23.2 Å². The lowest BCUT2D eigenvalue weighted by Crippen LogP contribution is -2.41. The Morgan fingerprint density at radius 1 is 0.964 bits per heavy atom. The van der Waals surface area contributed by atoms with Crippen LogP contribution in [0.25, 0.3) is 16.7 Å². The van der Waals surface area contributed by atoms with Gasteiger partial charge in [0.1, 0.15) is 6.33 Å². The van der Waals surface area contributed by atoms with Gasteiger partial charge in [-0.2, -0.15) is 0 Å². The summed E-state index contributed by atoms with van der Waals surface area (Å²) in [5.41, 5.74) is 3.74. The lowest BCUT2D eigenvalue weighted by Gasteiger charge is -2.33. The van der Waals surface area contributed by atoms with Crippen LogP contribution >= 0.6 is 0 Å². The van der Waals surface area contributed by atoms with Crippen molar-refractivity contribution in [3.05, 3.63) is 60.4 Å². The topological polar surface area (TPSA) is 56.6 Å². The smallest absolute Gasteiger partial charge is 0.253 e. The first kappa shape index (κ1) is 17.4. The van der Waals surface area contributed by atoms with Gasteiger partial charge in [0.05, 0.1) is 24.2 Å². The summed E-state index contributed by atoms with van der Waals surface area (Å²) in [7, 11) is 0. The van der Waals surface area contributed by atoms with Gasteiger partial charge in [-0.15, -0.1) is 0 Å². The lowest BCUT2D eigenvalue weighted by molar-refractivity contribution is -0.0956. The van der Waals surface area contributed by atoms with Gasteiger partial charge in [0, 0.05) is 30.3 Å². The molecule has 0 radical (unpaired) electrons. The molecule has 3 heterocycles. The van der Waals surface area contributed by atoms with E-state index in [1.165, 1.54) is 0 Å². The Morgan fingerprint density at radius 2 is 1.68 bits per heavy atom. The largest absolute Gasteiger partial charge is 0.350 e. The van der Waals surface area contributed by atoms with Crippen molar-refractivity contribution >= 4 is 16.9 Å². The van der Waals surface area contributed by atoms with Gasteiger partial charge in [-0.05, 0) is 49.2 Å². The third-order valence-electron chi connectivity index (χ3n) is 5.71. The molecular formula is C22H23N3O3. The number of piperidine rings is 1. The zero-order valence-corrected chi connectivity index (χ0v) is 15.7. The number of hydrogen-bond donors (Lipinski definition) is 0. The predicted octanol–water partition coefficient (Wildman–Crippen LogP) is 3.25. The molecule has 28 heavy (non-hydrogen) atoms. The molecule has 2 saturated heterocycles. The maximum atomic E-state index is 12.9. The number of hydrogen-bond acceptors (Lipinski definition) is 4. The molecular weight excluding hydrogens is 354 g/mol. The van der Waals surface area contributed by atoms with Crippen LogP contribution in [0.5, 0.6) is 0 Å². The Morgan fingerprint density at radius 3 is 2.43 bits per heavy atom. The first-order valence-electron chi connectivity index (χ1n) is 9.84. The second-order valence-corrected chi connectivity index (χ2v) is 7.39. The lowest BCUT2D eigenvalue weighted by atomic mass is 9.95. The highest BCUT2D eigenvalue weighted by atomic mass is 16.7. The van der Waals surface area contributed by atoms with Crippen molar-refractivity contribution in [3.63, 3.8) is 0 Å². The number of amides is 1. The van der Waals surface area contributed by atoms with Crippen molar-refractivity contribution in [2.75, 3.05) is 26.3 Å². The fourth-order valence-electron chi connectivity index (χ4n) is 4.14. The SMILES string of the molecule is O=C(c1ccc(-n2cnc3ccccc32)cc1)N1CCC(C2OCCO2)CC1. The molecule has 3 aromatic rings. The average molecular weight is 377 g/mol. The van der Waals surface area contributed by atoms with Crippen molar-refractivity contribution in [1.29, 1.82) is 0 Å². The van der Waals surface area contributed by atoms with Crippen LogP contribution < -0.4 is 0 Å². The van der Waals surface area contributed by atoms with Crippen LogP contribution in [0.4, 0.5) is 0 Å². The van der Waals surface area contributed by atoms with Gasteiger partial charge in [0.15, 0.2) is 6.29 Å². The minimum Gasteiger partial charge on any atom is -0.350 e. The molecule has 2 fully saturated rings. The highest BCUT2D eigenvalue weighted by Gasteiger charge is 2.32. The van der Waals surface area contributed by atoms with Gasteiger partial charge in [-0.3, -0.25) is 9.36 Å². The van der Waals surface area contributed by atoms with E-state index in [0.29, 0.717) is 19.1 Å². The van der Waals surface area contributed by atoms with Crippen molar-refractivity contribution in [2.24, 2.45) is 5.92 Å². The first-order valence-corrected chi connectivity index (χ1v) is 9.84. The minimum atomic E-state index is -0.0819. The second-order valence-electron chi connectivity index (χ2n) is 7.39. The average Bonchev–Trinajstić information content (AvgIpc) is 3.44. The van der Waals surface area contributed by atoms with E-state index in [9.17, 15) is 4.79 Å². The van der Waals surface area contributed by atoms with E-state index in [4.69, 9.17) is 9.47 Å². The molecule has 5 rings (SSSR count). The summed E-state index contributed by atoms with van der Waals surface area (Å²) in [6, 6.07) is 15.8. The third kappa shape index (κ3) is 3.19. The van der Waals surface area contributed by atoms with Gasteiger partial charge in [0.25, 0.3) is 5.91 Å². The molecule has 1 amide bonds. The summed E-state index contributed by atoms with van der Waals surface area (Å²) in [6.45, 7) is 2.87. The van der Waals surface area contributed by atoms with Crippen LogP contribution in [0, 0.1) is 5.92 Å². The number of aromatic nitrogens is 2. The van der Waals surface area contributed by atoms with Gasteiger partial charge in [-0.1, -0.05) is 12.1 Å². The summed E-state index contributed by atoms with van der Waals surface area (Å²) in [4.78, 5) is 19.3. The van der Waals surface area contributed by atoms with Crippen molar-refractivity contribution in [1.82, 2.24) is 14.5 Å². The number of benzene rings is 2. The zero-order valence-electron chi connectivity index (χ0n) is 15.7. The number of nitrogens with zero attached hydrogens (tertiary/aromatic N) is 3. The molecule has 1 aromatic heterocycles. The maximum Gasteiger partial charge on any atom is 0.253 e. The molecule has 0 unspecified atom stereocenters. The Bertz CT molecular complexity index is 968.